The van der Waals surface area contributed by atoms with Crippen LogP contribution in [0.3, 0.4) is 0 Å². The fourth-order valence-corrected chi connectivity index (χ4v) is 3.60. The zero-order valence-electron chi connectivity index (χ0n) is 13.5. The number of aromatic nitrogens is 2. The summed E-state index contributed by atoms with van der Waals surface area (Å²) < 4.78 is 5.75. The summed E-state index contributed by atoms with van der Waals surface area (Å²) in [5.74, 6) is 1.76. The van der Waals surface area contributed by atoms with E-state index in [0.29, 0.717) is 0 Å². The van der Waals surface area contributed by atoms with Gasteiger partial charge >= 0.3 is 0 Å². The van der Waals surface area contributed by atoms with Gasteiger partial charge in [-0.1, -0.05) is 30.3 Å². The van der Waals surface area contributed by atoms with E-state index in [1.54, 1.807) is 0 Å². The molecule has 23 heavy (non-hydrogen) atoms. The molecule has 1 fully saturated rings. The molecule has 3 rings (SSSR count). The van der Waals surface area contributed by atoms with E-state index in [1.807, 2.05) is 42.2 Å². The molecule has 0 unspecified atom stereocenters. The van der Waals surface area contributed by atoms with Crippen LogP contribution in [0.5, 0.6) is 0 Å². The molecule has 0 amide bonds. The highest BCUT2D eigenvalue weighted by molar-refractivity contribution is 8.00. The molecule has 2 heterocycles. The van der Waals surface area contributed by atoms with Crippen molar-refractivity contribution in [3.63, 3.8) is 0 Å². The van der Waals surface area contributed by atoms with Crippen LogP contribution in [0, 0.1) is 0 Å². The summed E-state index contributed by atoms with van der Waals surface area (Å²) in [6, 6.07) is 12.3. The van der Waals surface area contributed by atoms with Gasteiger partial charge in [-0.3, -0.25) is 0 Å². The highest BCUT2D eigenvalue weighted by Gasteiger charge is 2.31. The Bertz CT molecular complexity index is 615. The van der Waals surface area contributed by atoms with Gasteiger partial charge in [0.15, 0.2) is 0 Å². The SMILES string of the molecule is CSC1(CNc2ccnc(Cc3ccccc3)n2)CCOCC1. The maximum atomic E-state index is 5.50. The Morgan fingerprint density at radius 3 is 2.70 bits per heavy atom. The predicted molar refractivity (Wildman–Crippen MR) is 96.1 cm³/mol. The minimum Gasteiger partial charge on any atom is -0.381 e. The van der Waals surface area contributed by atoms with E-state index >= 15 is 0 Å². The average molecular weight is 329 g/mol. The molecule has 0 saturated carbocycles. The third-order valence-corrected chi connectivity index (χ3v) is 5.76. The molecule has 0 spiro atoms. The van der Waals surface area contributed by atoms with Crippen molar-refractivity contribution in [2.24, 2.45) is 0 Å². The molecule has 0 aliphatic carbocycles. The maximum Gasteiger partial charge on any atom is 0.135 e. The maximum absolute atomic E-state index is 5.50. The third-order valence-electron chi connectivity index (χ3n) is 4.34. The van der Waals surface area contributed by atoms with Gasteiger partial charge in [-0.05, 0) is 30.7 Å². The van der Waals surface area contributed by atoms with Gasteiger partial charge in [0.2, 0.25) is 0 Å². The van der Waals surface area contributed by atoms with Gasteiger partial charge in [-0.2, -0.15) is 11.8 Å². The highest BCUT2D eigenvalue weighted by atomic mass is 32.2. The number of thioether (sulfide) groups is 1. The molecule has 1 aromatic carbocycles. The fraction of sp³-hybridized carbons (Fsp3) is 0.444. The Morgan fingerprint density at radius 1 is 1.17 bits per heavy atom. The average Bonchev–Trinajstić information content (AvgIpc) is 2.62. The Balaban J connectivity index is 1.63. The monoisotopic (exact) mass is 329 g/mol. The van der Waals surface area contributed by atoms with Crippen molar-refractivity contribution in [3.05, 3.63) is 54.0 Å². The topological polar surface area (TPSA) is 47.0 Å². The Labute approximate surface area is 142 Å². The molecule has 5 heteroatoms. The molecule has 0 radical (unpaired) electrons. The first-order valence-electron chi connectivity index (χ1n) is 8.02. The molecule has 1 aliphatic heterocycles. The Kier molecular flexibility index (Phi) is 5.51. The molecular weight excluding hydrogens is 306 g/mol. The van der Waals surface area contributed by atoms with Crippen LogP contribution in [0.15, 0.2) is 42.6 Å². The predicted octanol–water partition coefficient (Wildman–Crippen LogP) is 3.39. The van der Waals surface area contributed by atoms with Crippen LogP contribution in [0.2, 0.25) is 0 Å². The molecular formula is C18H23N3OS. The lowest BCUT2D eigenvalue weighted by Gasteiger charge is -2.35. The molecule has 122 valence electrons. The fourth-order valence-electron chi connectivity index (χ4n) is 2.81. The highest BCUT2D eigenvalue weighted by Crippen LogP contribution is 2.33. The molecule has 1 N–H and O–H groups in total. The molecule has 1 aromatic heterocycles. The summed E-state index contributed by atoms with van der Waals surface area (Å²) in [6.07, 6.45) is 6.96. The molecule has 4 nitrogen and oxygen atoms in total. The first-order valence-corrected chi connectivity index (χ1v) is 9.25. The number of hydrogen-bond donors (Lipinski definition) is 1. The van der Waals surface area contributed by atoms with Gasteiger partial charge in [0.05, 0.1) is 0 Å². The van der Waals surface area contributed by atoms with E-state index in [4.69, 9.17) is 4.74 Å². The zero-order valence-corrected chi connectivity index (χ0v) is 14.3. The second-order valence-electron chi connectivity index (χ2n) is 5.87. The van der Waals surface area contributed by atoms with Crippen LogP contribution >= 0.6 is 11.8 Å². The van der Waals surface area contributed by atoms with E-state index in [0.717, 1.165) is 50.7 Å². The van der Waals surface area contributed by atoms with Gasteiger partial charge < -0.3 is 10.1 Å². The molecule has 1 saturated heterocycles. The standard InChI is InChI=1S/C18H23N3OS/c1-23-18(8-11-22-12-9-18)14-20-16-7-10-19-17(21-16)13-15-5-3-2-4-6-15/h2-7,10H,8-9,11-14H2,1H3,(H,19,20,21). The number of hydrogen-bond acceptors (Lipinski definition) is 5. The molecule has 1 aliphatic rings. The van der Waals surface area contributed by atoms with Crippen molar-refractivity contribution in [2.75, 3.05) is 31.3 Å². The van der Waals surface area contributed by atoms with Gasteiger partial charge in [0.25, 0.3) is 0 Å². The largest absolute Gasteiger partial charge is 0.381 e. The van der Waals surface area contributed by atoms with Crippen LogP contribution in [-0.2, 0) is 11.2 Å². The Hall–Kier alpha value is -1.59. The van der Waals surface area contributed by atoms with E-state index in [-0.39, 0.29) is 4.75 Å². The van der Waals surface area contributed by atoms with Crippen LogP contribution in [0.25, 0.3) is 0 Å². The molecule has 0 atom stereocenters. The summed E-state index contributed by atoms with van der Waals surface area (Å²) >= 11 is 1.93. The minimum atomic E-state index is 0.253. The van der Waals surface area contributed by atoms with Crippen molar-refractivity contribution < 1.29 is 4.74 Å². The lowest BCUT2D eigenvalue weighted by Crippen LogP contribution is -2.39. The first kappa shape index (κ1) is 16.3. The van der Waals surface area contributed by atoms with Crippen molar-refractivity contribution in [1.29, 1.82) is 0 Å². The second kappa shape index (κ2) is 7.79. The summed E-state index contributed by atoms with van der Waals surface area (Å²) in [5, 5.41) is 3.50. The van der Waals surface area contributed by atoms with Gasteiger partial charge in [0, 0.05) is 37.1 Å². The van der Waals surface area contributed by atoms with Gasteiger partial charge in [0.1, 0.15) is 11.6 Å². The van der Waals surface area contributed by atoms with E-state index in [2.05, 4.69) is 33.7 Å². The molecule has 0 bridgehead atoms. The number of ether oxygens (including phenoxy) is 1. The van der Waals surface area contributed by atoms with Crippen molar-refractivity contribution >= 4 is 17.6 Å². The summed E-state index contributed by atoms with van der Waals surface area (Å²) in [5.41, 5.74) is 1.23. The number of benzene rings is 1. The van der Waals surface area contributed by atoms with Crippen molar-refractivity contribution in [3.8, 4) is 0 Å². The summed E-state index contributed by atoms with van der Waals surface area (Å²) in [4.78, 5) is 9.05. The zero-order chi connectivity index (χ0) is 16.0. The van der Waals surface area contributed by atoms with Crippen molar-refractivity contribution in [2.45, 2.75) is 24.0 Å². The summed E-state index contributed by atoms with van der Waals surface area (Å²) in [7, 11) is 0. The van der Waals surface area contributed by atoms with Crippen LogP contribution in [0.1, 0.15) is 24.2 Å². The number of nitrogens with zero attached hydrogens (tertiary/aromatic N) is 2. The van der Waals surface area contributed by atoms with Crippen molar-refractivity contribution in [1.82, 2.24) is 9.97 Å². The van der Waals surface area contributed by atoms with Crippen LogP contribution in [0.4, 0.5) is 5.82 Å². The second-order valence-corrected chi connectivity index (χ2v) is 7.15. The lowest BCUT2D eigenvalue weighted by molar-refractivity contribution is 0.0802. The lowest BCUT2D eigenvalue weighted by atomic mass is 9.99. The van der Waals surface area contributed by atoms with E-state index in [9.17, 15) is 0 Å². The quantitative estimate of drug-likeness (QED) is 0.880. The summed E-state index contributed by atoms with van der Waals surface area (Å²) in [6.45, 7) is 2.62. The van der Waals surface area contributed by atoms with Crippen LogP contribution < -0.4 is 5.32 Å². The minimum absolute atomic E-state index is 0.253. The number of nitrogens with one attached hydrogen (secondary N) is 1. The van der Waals surface area contributed by atoms with E-state index in [1.165, 1.54) is 5.56 Å². The normalized spacial score (nSPS) is 16.9. The van der Waals surface area contributed by atoms with Crippen LogP contribution in [-0.4, -0.2) is 40.7 Å². The molecule has 2 aromatic rings. The smallest absolute Gasteiger partial charge is 0.135 e. The van der Waals surface area contributed by atoms with Gasteiger partial charge in [-0.25, -0.2) is 9.97 Å². The first-order chi connectivity index (χ1) is 11.3. The number of rotatable bonds is 6. The van der Waals surface area contributed by atoms with Gasteiger partial charge in [-0.15, -0.1) is 0 Å². The third kappa shape index (κ3) is 4.45. The van der Waals surface area contributed by atoms with E-state index < -0.39 is 0 Å². The Morgan fingerprint density at radius 2 is 1.96 bits per heavy atom. The number of anilines is 1.